The Morgan fingerprint density at radius 1 is 1.07 bits per heavy atom. The first kappa shape index (κ1) is 20.0. The lowest BCUT2D eigenvalue weighted by Gasteiger charge is -2.06. The van der Waals surface area contributed by atoms with Crippen LogP contribution in [0.25, 0.3) is 0 Å². The average molecular weight is 411 g/mol. The lowest BCUT2D eigenvalue weighted by atomic mass is 10.2. The van der Waals surface area contributed by atoms with Gasteiger partial charge in [-0.3, -0.25) is 15.1 Å². The Labute approximate surface area is 171 Å². The molecule has 0 aromatic heterocycles. The van der Waals surface area contributed by atoms with Gasteiger partial charge in [-0.1, -0.05) is 11.6 Å². The van der Waals surface area contributed by atoms with Crippen molar-refractivity contribution < 1.29 is 19.2 Å². The molecular formula is C21H15ClN2O5. The van der Waals surface area contributed by atoms with E-state index in [1.54, 1.807) is 42.5 Å². The van der Waals surface area contributed by atoms with E-state index in [9.17, 15) is 14.9 Å². The monoisotopic (exact) mass is 410 g/mol. The third-order valence-corrected chi connectivity index (χ3v) is 4.15. The summed E-state index contributed by atoms with van der Waals surface area (Å²) in [5.74, 6) is -0.283. The van der Waals surface area contributed by atoms with Gasteiger partial charge in [-0.15, -0.1) is 0 Å². The van der Waals surface area contributed by atoms with E-state index < -0.39 is 10.9 Å². The minimum Gasteiger partial charge on any atom is -0.497 e. The molecule has 0 amide bonds. The maximum absolute atomic E-state index is 12.3. The van der Waals surface area contributed by atoms with Gasteiger partial charge in [-0.05, 0) is 66.2 Å². The van der Waals surface area contributed by atoms with Gasteiger partial charge in [0.25, 0.3) is 0 Å². The van der Waals surface area contributed by atoms with Crippen LogP contribution < -0.4 is 9.47 Å². The SMILES string of the molecule is COc1ccc(C(=O)Oc2ccc(C=Nc3ccc(Cl)cc3)cc2[N+](=O)[O-])cc1. The van der Waals surface area contributed by atoms with Crippen molar-refractivity contribution in [1.29, 1.82) is 0 Å². The number of ether oxygens (including phenoxy) is 2. The number of nitrogens with zero attached hydrogens (tertiary/aromatic N) is 2. The molecular weight excluding hydrogens is 396 g/mol. The molecule has 7 nitrogen and oxygen atoms in total. The van der Waals surface area contributed by atoms with E-state index in [4.69, 9.17) is 21.1 Å². The maximum Gasteiger partial charge on any atom is 0.343 e. The number of benzene rings is 3. The Hall–Kier alpha value is -3.71. The van der Waals surface area contributed by atoms with E-state index in [2.05, 4.69) is 4.99 Å². The van der Waals surface area contributed by atoms with Crippen LogP contribution >= 0.6 is 11.6 Å². The number of rotatable bonds is 6. The van der Waals surface area contributed by atoms with Gasteiger partial charge < -0.3 is 9.47 Å². The number of aliphatic imine (C=N–C) groups is 1. The first-order valence-corrected chi connectivity index (χ1v) is 8.78. The van der Waals surface area contributed by atoms with E-state index in [-0.39, 0.29) is 17.0 Å². The third kappa shape index (κ3) is 5.18. The van der Waals surface area contributed by atoms with Crippen molar-refractivity contribution in [2.24, 2.45) is 4.99 Å². The zero-order valence-corrected chi connectivity index (χ0v) is 16.0. The van der Waals surface area contributed by atoms with Gasteiger partial charge in [0.15, 0.2) is 0 Å². The van der Waals surface area contributed by atoms with Crippen LogP contribution in [0.4, 0.5) is 11.4 Å². The normalized spacial score (nSPS) is 10.7. The fourth-order valence-corrected chi connectivity index (χ4v) is 2.53. The van der Waals surface area contributed by atoms with Crippen molar-refractivity contribution in [2.75, 3.05) is 7.11 Å². The molecule has 0 unspecified atom stereocenters. The second kappa shape index (κ2) is 8.99. The van der Waals surface area contributed by atoms with Gasteiger partial charge in [-0.25, -0.2) is 4.79 Å². The van der Waals surface area contributed by atoms with Crippen LogP contribution in [0.2, 0.25) is 5.02 Å². The molecule has 0 spiro atoms. The van der Waals surface area contributed by atoms with Gasteiger partial charge in [0, 0.05) is 17.3 Å². The summed E-state index contributed by atoms with van der Waals surface area (Å²) < 4.78 is 10.2. The van der Waals surface area contributed by atoms with Gasteiger partial charge in [-0.2, -0.15) is 0 Å². The Balaban J connectivity index is 1.81. The van der Waals surface area contributed by atoms with Crippen LogP contribution in [0.15, 0.2) is 71.7 Å². The maximum atomic E-state index is 12.3. The molecule has 0 atom stereocenters. The summed E-state index contributed by atoms with van der Waals surface area (Å²) in [7, 11) is 1.51. The lowest BCUT2D eigenvalue weighted by Crippen LogP contribution is -2.10. The molecule has 146 valence electrons. The van der Waals surface area contributed by atoms with E-state index >= 15 is 0 Å². The summed E-state index contributed by atoms with van der Waals surface area (Å²) in [5.41, 5.74) is 1.03. The molecule has 8 heteroatoms. The summed E-state index contributed by atoms with van der Waals surface area (Å²) in [6.45, 7) is 0. The summed E-state index contributed by atoms with van der Waals surface area (Å²) in [6, 6.07) is 17.3. The van der Waals surface area contributed by atoms with Gasteiger partial charge in [0.05, 0.1) is 23.3 Å². The highest BCUT2D eigenvalue weighted by Crippen LogP contribution is 2.29. The van der Waals surface area contributed by atoms with Crippen LogP contribution in [0.1, 0.15) is 15.9 Å². The molecule has 0 N–H and O–H groups in total. The van der Waals surface area contributed by atoms with Crippen molar-refractivity contribution >= 4 is 35.2 Å². The molecule has 0 saturated carbocycles. The molecule has 29 heavy (non-hydrogen) atoms. The average Bonchev–Trinajstić information content (AvgIpc) is 2.74. The van der Waals surface area contributed by atoms with Crippen LogP contribution in [0.3, 0.4) is 0 Å². The highest BCUT2D eigenvalue weighted by molar-refractivity contribution is 6.30. The second-order valence-electron chi connectivity index (χ2n) is 5.84. The minimum atomic E-state index is -0.710. The van der Waals surface area contributed by atoms with Crippen LogP contribution in [-0.4, -0.2) is 24.2 Å². The zero-order chi connectivity index (χ0) is 20.8. The van der Waals surface area contributed by atoms with Crippen molar-refractivity contribution in [3.8, 4) is 11.5 Å². The summed E-state index contributed by atoms with van der Waals surface area (Å²) in [4.78, 5) is 27.3. The van der Waals surface area contributed by atoms with E-state index in [0.717, 1.165) is 0 Å². The minimum absolute atomic E-state index is 0.153. The second-order valence-corrected chi connectivity index (χ2v) is 6.27. The lowest BCUT2D eigenvalue weighted by molar-refractivity contribution is -0.385. The van der Waals surface area contributed by atoms with Crippen molar-refractivity contribution in [1.82, 2.24) is 0 Å². The largest absolute Gasteiger partial charge is 0.497 e. The Morgan fingerprint density at radius 2 is 1.76 bits per heavy atom. The van der Waals surface area contributed by atoms with Crippen LogP contribution in [-0.2, 0) is 0 Å². The molecule has 3 rings (SSSR count). The quantitative estimate of drug-likeness (QED) is 0.182. The fourth-order valence-electron chi connectivity index (χ4n) is 2.41. The molecule has 3 aromatic rings. The highest BCUT2D eigenvalue weighted by Gasteiger charge is 2.19. The van der Waals surface area contributed by atoms with E-state index in [1.807, 2.05) is 0 Å². The van der Waals surface area contributed by atoms with E-state index in [1.165, 1.54) is 37.6 Å². The topological polar surface area (TPSA) is 91.0 Å². The van der Waals surface area contributed by atoms with Gasteiger partial charge >= 0.3 is 11.7 Å². The van der Waals surface area contributed by atoms with Gasteiger partial charge in [0.1, 0.15) is 5.75 Å². The van der Waals surface area contributed by atoms with Crippen LogP contribution in [0, 0.1) is 10.1 Å². The summed E-state index contributed by atoms with van der Waals surface area (Å²) in [5, 5.41) is 12.0. The molecule has 0 bridgehead atoms. The first-order chi connectivity index (χ1) is 14.0. The smallest absolute Gasteiger partial charge is 0.343 e. The third-order valence-electron chi connectivity index (χ3n) is 3.90. The number of halogens is 1. The summed E-state index contributed by atoms with van der Waals surface area (Å²) >= 11 is 5.83. The predicted octanol–water partition coefficient (Wildman–Crippen LogP) is 5.23. The number of esters is 1. The molecule has 0 aliphatic heterocycles. The Bertz CT molecular complexity index is 1060. The number of methoxy groups -OCH3 is 1. The number of hydrogen-bond acceptors (Lipinski definition) is 6. The summed E-state index contributed by atoms with van der Waals surface area (Å²) in [6.07, 6.45) is 1.48. The number of carbonyl (C=O) groups excluding carboxylic acids is 1. The molecule has 0 heterocycles. The molecule has 0 aliphatic carbocycles. The first-order valence-electron chi connectivity index (χ1n) is 8.40. The molecule has 0 saturated heterocycles. The number of nitro groups is 1. The molecule has 0 fully saturated rings. The molecule has 0 radical (unpaired) electrons. The highest BCUT2D eigenvalue weighted by atomic mass is 35.5. The Kier molecular flexibility index (Phi) is 6.21. The van der Waals surface area contributed by atoms with Crippen molar-refractivity contribution in [3.05, 3.63) is 93.0 Å². The number of hydrogen-bond donors (Lipinski definition) is 0. The Morgan fingerprint density at radius 3 is 2.38 bits per heavy atom. The van der Waals surface area contributed by atoms with Crippen LogP contribution in [0.5, 0.6) is 11.5 Å². The molecule has 3 aromatic carbocycles. The van der Waals surface area contributed by atoms with E-state index in [0.29, 0.717) is 22.0 Å². The van der Waals surface area contributed by atoms with Crippen molar-refractivity contribution in [3.63, 3.8) is 0 Å². The number of nitro benzene ring substituents is 1. The molecule has 0 aliphatic rings. The predicted molar refractivity (Wildman–Crippen MR) is 110 cm³/mol. The zero-order valence-electron chi connectivity index (χ0n) is 15.2. The standard InChI is InChI=1S/C21H15ClN2O5/c1-28-18-9-3-15(4-10-18)21(25)29-20-11-2-14(12-19(20)24(26)27)13-23-17-7-5-16(22)6-8-17/h2-13H,1H3. The fraction of sp³-hybridized carbons (Fsp3) is 0.0476. The van der Waals surface area contributed by atoms with Crippen molar-refractivity contribution in [2.45, 2.75) is 0 Å². The number of carbonyl (C=O) groups is 1. The van der Waals surface area contributed by atoms with Gasteiger partial charge in [0.2, 0.25) is 5.75 Å².